The van der Waals surface area contributed by atoms with Crippen LogP contribution >= 0.6 is 0 Å². The van der Waals surface area contributed by atoms with E-state index in [-0.39, 0.29) is 0 Å². The minimum atomic E-state index is 0.706. The molecule has 22 rings (SSSR count). The molecule has 0 spiro atoms. The Bertz CT molecular complexity index is 7210. The third-order valence-electron chi connectivity index (χ3n) is 22.0. The highest BCUT2D eigenvalue weighted by atomic mass is 15.0. The lowest BCUT2D eigenvalue weighted by Gasteiger charge is -2.12. The molecular weight excluding hydrogens is 1360 g/mol. The lowest BCUT2D eigenvalue weighted by Crippen LogP contribution is -1.97. The van der Waals surface area contributed by atoms with E-state index in [0.29, 0.717) is 5.82 Å². The summed E-state index contributed by atoms with van der Waals surface area (Å²) in [4.78, 5) is 15.3. The quantitative estimate of drug-likeness (QED) is 0.122. The van der Waals surface area contributed by atoms with Crippen LogP contribution in [-0.4, -0.2) is 33.2 Å². The molecule has 7 heteroatoms. The smallest absolute Gasteiger partial charge is 0.160 e. The number of nitrogens with zero attached hydrogens (tertiary/aromatic N) is 7. The maximum absolute atomic E-state index is 5.15. The van der Waals surface area contributed by atoms with Crippen LogP contribution in [0.4, 0.5) is 0 Å². The second-order valence-electron chi connectivity index (χ2n) is 28.6. The predicted octanol–water partition coefficient (Wildman–Crippen LogP) is 27.3. The van der Waals surface area contributed by atoms with Crippen LogP contribution in [0.2, 0.25) is 0 Å². The molecule has 22 aromatic rings. The number of rotatable bonds is 12. The first-order valence-electron chi connectivity index (χ1n) is 38.1. The second-order valence-corrected chi connectivity index (χ2v) is 28.6. The van der Waals surface area contributed by atoms with Crippen molar-refractivity contribution in [3.05, 3.63) is 419 Å². The fraction of sp³-hybridized carbons (Fsp3) is 0. The normalized spacial score (nSPS) is 11.6. The molecule has 524 valence electrons. The van der Waals surface area contributed by atoms with Gasteiger partial charge in [-0.3, -0.25) is 0 Å². The Balaban J connectivity index is 0.000000141. The number of aromatic nitrogens is 7. The van der Waals surface area contributed by atoms with E-state index in [0.717, 1.165) is 89.8 Å². The SMILES string of the molecule is c1ccc(-c2cc(-c3ccc(-n4c5ccccc5c5c(-c6ccc7c(c6)c6ccccc6n7-c6ccccc6)cccc54)cc3)cc(-c3ccccc3)n2)cc1.c1ccc(-c2cc(-c3cccc(-n4c5ccccc5c5c(-c6ccc7c(c6)c6ccccc6n7-c6ccccc6)cccc54)c3)nc(-c3ccccc3)n2)cc1. The maximum Gasteiger partial charge on any atom is 0.160 e. The van der Waals surface area contributed by atoms with Gasteiger partial charge in [-0.15, -0.1) is 0 Å². The van der Waals surface area contributed by atoms with Crippen LogP contribution in [0.5, 0.6) is 0 Å². The Morgan fingerprint density at radius 1 is 0.152 bits per heavy atom. The lowest BCUT2D eigenvalue weighted by molar-refractivity contribution is 1.16. The van der Waals surface area contributed by atoms with E-state index < -0.39 is 0 Å². The van der Waals surface area contributed by atoms with Gasteiger partial charge in [0.05, 0.1) is 66.9 Å². The Kier molecular flexibility index (Phi) is 16.1. The molecule has 112 heavy (non-hydrogen) atoms. The molecule has 0 aliphatic rings. The van der Waals surface area contributed by atoms with E-state index in [1.165, 1.54) is 104 Å². The van der Waals surface area contributed by atoms with E-state index in [4.69, 9.17) is 15.0 Å². The summed E-state index contributed by atoms with van der Waals surface area (Å²) in [5.41, 5.74) is 30.1. The second kappa shape index (κ2) is 27.6. The van der Waals surface area contributed by atoms with Gasteiger partial charge in [0.1, 0.15) is 0 Å². The fourth-order valence-corrected chi connectivity index (χ4v) is 17.0. The average Bonchev–Trinajstić information content (AvgIpc) is 1.58. The van der Waals surface area contributed by atoms with Gasteiger partial charge in [-0.1, -0.05) is 291 Å². The summed E-state index contributed by atoms with van der Waals surface area (Å²) in [6.07, 6.45) is 0. The molecule has 16 aromatic carbocycles. The molecular formula is C105H69N7. The zero-order chi connectivity index (χ0) is 74.0. The third kappa shape index (κ3) is 11.4. The predicted molar refractivity (Wildman–Crippen MR) is 467 cm³/mol. The number of benzene rings is 16. The molecule has 0 N–H and O–H groups in total. The summed E-state index contributed by atoms with van der Waals surface area (Å²) in [6, 6.07) is 149. The molecule has 0 atom stereocenters. The molecule has 0 saturated heterocycles. The largest absolute Gasteiger partial charge is 0.309 e. The summed E-state index contributed by atoms with van der Waals surface area (Å²) in [5.74, 6) is 0.706. The Morgan fingerprint density at radius 2 is 0.464 bits per heavy atom. The van der Waals surface area contributed by atoms with E-state index >= 15 is 0 Å². The van der Waals surface area contributed by atoms with Crippen LogP contribution in [-0.2, 0) is 0 Å². The van der Waals surface area contributed by atoms with Crippen molar-refractivity contribution < 1.29 is 0 Å². The lowest BCUT2D eigenvalue weighted by atomic mass is 9.98. The molecule has 0 amide bonds. The highest BCUT2D eigenvalue weighted by Crippen LogP contribution is 2.45. The molecule has 0 radical (unpaired) electrons. The number of hydrogen-bond donors (Lipinski definition) is 0. The molecule has 0 aliphatic heterocycles. The van der Waals surface area contributed by atoms with Crippen LogP contribution < -0.4 is 0 Å². The Morgan fingerprint density at radius 3 is 0.929 bits per heavy atom. The summed E-state index contributed by atoms with van der Waals surface area (Å²) < 4.78 is 9.56. The minimum Gasteiger partial charge on any atom is -0.309 e. The van der Waals surface area contributed by atoms with E-state index in [2.05, 4.69) is 400 Å². The van der Waals surface area contributed by atoms with Gasteiger partial charge >= 0.3 is 0 Å². The van der Waals surface area contributed by atoms with Crippen LogP contribution in [0.1, 0.15) is 0 Å². The molecule has 6 aromatic heterocycles. The van der Waals surface area contributed by atoms with Crippen molar-refractivity contribution in [3.63, 3.8) is 0 Å². The number of para-hydroxylation sites is 6. The summed E-state index contributed by atoms with van der Waals surface area (Å²) in [7, 11) is 0. The molecule has 6 heterocycles. The first-order valence-corrected chi connectivity index (χ1v) is 38.1. The summed E-state index contributed by atoms with van der Waals surface area (Å²) in [6.45, 7) is 0. The molecule has 0 unspecified atom stereocenters. The van der Waals surface area contributed by atoms with Gasteiger partial charge in [-0.05, 0) is 161 Å². The number of fused-ring (bicyclic) bond motifs is 12. The highest BCUT2D eigenvalue weighted by Gasteiger charge is 2.23. The van der Waals surface area contributed by atoms with Crippen LogP contribution in [0, 0.1) is 0 Å². The van der Waals surface area contributed by atoms with Crippen molar-refractivity contribution >= 4 is 87.2 Å². The maximum atomic E-state index is 5.15. The van der Waals surface area contributed by atoms with Crippen molar-refractivity contribution in [1.29, 1.82) is 0 Å². The van der Waals surface area contributed by atoms with Crippen molar-refractivity contribution in [2.45, 2.75) is 0 Å². The van der Waals surface area contributed by atoms with Crippen molar-refractivity contribution in [1.82, 2.24) is 33.2 Å². The van der Waals surface area contributed by atoms with Gasteiger partial charge in [0.2, 0.25) is 0 Å². The zero-order valence-corrected chi connectivity index (χ0v) is 61.0. The molecule has 0 aliphatic carbocycles. The van der Waals surface area contributed by atoms with Crippen LogP contribution in [0.3, 0.4) is 0 Å². The first kappa shape index (κ1) is 65.3. The third-order valence-corrected chi connectivity index (χ3v) is 22.0. The van der Waals surface area contributed by atoms with Crippen LogP contribution in [0.25, 0.3) is 200 Å². The van der Waals surface area contributed by atoms with Gasteiger partial charge in [0.15, 0.2) is 5.82 Å². The van der Waals surface area contributed by atoms with Gasteiger partial charge in [0.25, 0.3) is 0 Å². The number of pyridine rings is 1. The molecule has 7 nitrogen and oxygen atoms in total. The molecule has 0 saturated carbocycles. The Labute approximate surface area is 647 Å². The summed E-state index contributed by atoms with van der Waals surface area (Å²) in [5, 5.41) is 9.94. The first-order chi connectivity index (χ1) is 55.6. The molecule has 0 fully saturated rings. The van der Waals surface area contributed by atoms with Crippen LogP contribution in [0.15, 0.2) is 419 Å². The van der Waals surface area contributed by atoms with Gasteiger partial charge in [-0.25, -0.2) is 15.0 Å². The van der Waals surface area contributed by atoms with Crippen molar-refractivity contribution in [2.24, 2.45) is 0 Å². The summed E-state index contributed by atoms with van der Waals surface area (Å²) >= 11 is 0. The molecule has 0 bridgehead atoms. The fourth-order valence-electron chi connectivity index (χ4n) is 17.0. The van der Waals surface area contributed by atoms with Gasteiger partial charge in [0, 0.05) is 93.7 Å². The Hall–Kier alpha value is -15.1. The highest BCUT2D eigenvalue weighted by molar-refractivity contribution is 6.19. The van der Waals surface area contributed by atoms with Crippen molar-refractivity contribution in [3.8, 4) is 113 Å². The van der Waals surface area contributed by atoms with Gasteiger partial charge < -0.3 is 18.3 Å². The van der Waals surface area contributed by atoms with E-state index in [1.807, 2.05) is 36.4 Å². The standard InChI is InChI=1S/C53H35N3.C52H34N4/c1-4-15-37(16-5-1)47-34-40(35-48(54-47)38-17-6-2-7-18-38)36-27-30-42(31-28-36)56-50-25-13-11-22-45(50)53-43(23-14-26-52(53)56)39-29-32-51-46(33-39)44-21-10-12-24-49(44)55(51)41-19-8-3-9-20-41;1-4-16-35(17-5-1)45-34-46(54-52(53-45)36-18-6-2-7-19-36)38-20-14-23-40(32-38)56-48-28-13-11-25-43(48)51-41(26-15-29-50(51)56)37-30-31-49-44(33-37)42-24-10-12-27-47(42)55(49)39-21-8-3-9-22-39/h1-35H;1-34H. The minimum absolute atomic E-state index is 0.706. The van der Waals surface area contributed by atoms with Crippen molar-refractivity contribution in [2.75, 3.05) is 0 Å². The van der Waals surface area contributed by atoms with E-state index in [9.17, 15) is 0 Å². The topological polar surface area (TPSA) is 58.4 Å². The average molecular weight is 1430 g/mol. The number of hydrogen-bond acceptors (Lipinski definition) is 3. The van der Waals surface area contributed by atoms with E-state index in [1.54, 1.807) is 0 Å². The zero-order valence-electron chi connectivity index (χ0n) is 61.0. The monoisotopic (exact) mass is 1430 g/mol. The van der Waals surface area contributed by atoms with Gasteiger partial charge in [-0.2, -0.15) is 0 Å².